The Morgan fingerprint density at radius 3 is 2.73 bits per heavy atom. The standard InChI is InChI=1S/C23H17N3O6S/c1-13-3-4-14(23(28)31-2)10-18(13)19-7-6-17(32-19)12-24-25-22(27)21-11-15-9-16(26(29)30)5-8-20(15)33-21/h3-12H,1-2H3,(H,25,27)/b24-12-. The molecule has 0 aliphatic heterocycles. The Bertz CT molecular complexity index is 1420. The molecule has 0 bridgehead atoms. The number of hydrazone groups is 1. The third-order valence-corrected chi connectivity index (χ3v) is 5.96. The number of fused-ring (bicyclic) bond motifs is 1. The molecule has 166 valence electrons. The lowest BCUT2D eigenvalue weighted by atomic mass is 10.0. The van der Waals surface area contributed by atoms with E-state index in [1.165, 1.54) is 36.8 Å². The third kappa shape index (κ3) is 4.65. The fraction of sp³-hybridized carbons (Fsp3) is 0.0870. The highest BCUT2D eigenvalue weighted by molar-refractivity contribution is 7.20. The minimum atomic E-state index is -0.480. The molecule has 0 saturated carbocycles. The number of nitrogens with one attached hydrogen (secondary N) is 1. The number of rotatable bonds is 6. The van der Waals surface area contributed by atoms with Crippen LogP contribution in [-0.4, -0.2) is 30.1 Å². The summed E-state index contributed by atoms with van der Waals surface area (Å²) < 4.78 is 11.3. The zero-order valence-electron chi connectivity index (χ0n) is 17.5. The monoisotopic (exact) mass is 463 g/mol. The number of nitro benzene ring substituents is 1. The molecule has 33 heavy (non-hydrogen) atoms. The van der Waals surface area contributed by atoms with Crippen LogP contribution in [0.15, 0.2) is 64.1 Å². The Balaban J connectivity index is 1.47. The zero-order chi connectivity index (χ0) is 23.5. The number of hydrogen-bond donors (Lipinski definition) is 1. The quantitative estimate of drug-likeness (QED) is 0.187. The number of nitro groups is 1. The number of furan rings is 1. The van der Waals surface area contributed by atoms with Crippen LogP contribution in [0.25, 0.3) is 21.4 Å². The van der Waals surface area contributed by atoms with Crippen LogP contribution in [0.4, 0.5) is 5.69 Å². The van der Waals surface area contributed by atoms with Gasteiger partial charge in [0.1, 0.15) is 11.5 Å². The number of ether oxygens (including phenoxy) is 1. The maximum atomic E-state index is 12.4. The molecule has 0 radical (unpaired) electrons. The van der Waals surface area contributed by atoms with Gasteiger partial charge in [-0.15, -0.1) is 11.3 Å². The molecule has 10 heteroatoms. The third-order valence-electron chi connectivity index (χ3n) is 4.84. The molecular formula is C23H17N3O6S. The highest BCUT2D eigenvalue weighted by Crippen LogP contribution is 2.29. The molecule has 0 atom stereocenters. The molecule has 4 rings (SSSR count). The normalized spacial score (nSPS) is 11.1. The van der Waals surface area contributed by atoms with Crippen molar-refractivity contribution in [2.24, 2.45) is 5.10 Å². The van der Waals surface area contributed by atoms with Gasteiger partial charge in [-0.2, -0.15) is 5.10 Å². The second-order valence-corrected chi connectivity index (χ2v) is 8.10. The van der Waals surface area contributed by atoms with Crippen LogP contribution in [-0.2, 0) is 4.74 Å². The number of carbonyl (C=O) groups is 2. The molecule has 9 nitrogen and oxygen atoms in total. The summed E-state index contributed by atoms with van der Waals surface area (Å²) in [6, 6.07) is 14.6. The van der Waals surface area contributed by atoms with E-state index in [9.17, 15) is 19.7 Å². The van der Waals surface area contributed by atoms with E-state index >= 15 is 0 Å². The molecule has 0 saturated heterocycles. The Morgan fingerprint density at radius 1 is 1.15 bits per heavy atom. The fourth-order valence-corrected chi connectivity index (χ4v) is 4.10. The van der Waals surface area contributed by atoms with Gasteiger partial charge in [0.15, 0.2) is 0 Å². The summed E-state index contributed by atoms with van der Waals surface area (Å²) in [5, 5.41) is 15.5. The maximum absolute atomic E-state index is 12.4. The van der Waals surface area contributed by atoms with E-state index in [4.69, 9.17) is 9.15 Å². The molecule has 0 fully saturated rings. The molecule has 0 aliphatic carbocycles. The summed E-state index contributed by atoms with van der Waals surface area (Å²) in [6.45, 7) is 1.90. The van der Waals surface area contributed by atoms with Gasteiger partial charge >= 0.3 is 5.97 Å². The van der Waals surface area contributed by atoms with Crippen molar-refractivity contribution in [1.82, 2.24) is 5.43 Å². The van der Waals surface area contributed by atoms with Crippen LogP contribution in [0.2, 0.25) is 0 Å². The molecule has 0 spiro atoms. The van der Waals surface area contributed by atoms with Crippen molar-refractivity contribution >= 4 is 45.2 Å². The van der Waals surface area contributed by atoms with Crippen molar-refractivity contribution in [2.45, 2.75) is 6.92 Å². The summed E-state index contributed by atoms with van der Waals surface area (Å²) >= 11 is 1.21. The topological polar surface area (TPSA) is 124 Å². The van der Waals surface area contributed by atoms with Gasteiger partial charge in [0.25, 0.3) is 11.6 Å². The molecule has 2 aromatic carbocycles. The number of thiophene rings is 1. The van der Waals surface area contributed by atoms with E-state index in [0.29, 0.717) is 27.3 Å². The number of non-ortho nitro benzene ring substituents is 1. The summed E-state index contributed by atoms with van der Waals surface area (Å²) in [7, 11) is 1.32. The highest BCUT2D eigenvalue weighted by atomic mass is 32.1. The first kappa shape index (κ1) is 21.9. The van der Waals surface area contributed by atoms with Crippen molar-refractivity contribution in [1.29, 1.82) is 0 Å². The van der Waals surface area contributed by atoms with Gasteiger partial charge in [-0.25, -0.2) is 10.2 Å². The minimum Gasteiger partial charge on any atom is -0.465 e. The molecule has 2 aromatic heterocycles. The second-order valence-electron chi connectivity index (χ2n) is 7.01. The number of aryl methyl sites for hydroxylation is 1. The Labute approximate surface area is 191 Å². The molecule has 2 heterocycles. The van der Waals surface area contributed by atoms with Crippen molar-refractivity contribution in [2.75, 3.05) is 7.11 Å². The molecule has 0 unspecified atom stereocenters. The largest absolute Gasteiger partial charge is 0.465 e. The Kier molecular flexibility index (Phi) is 6.01. The predicted octanol–water partition coefficient (Wildman–Crippen LogP) is 4.93. The summed E-state index contributed by atoms with van der Waals surface area (Å²) in [4.78, 5) is 35.0. The lowest BCUT2D eigenvalue weighted by molar-refractivity contribution is -0.384. The van der Waals surface area contributed by atoms with Gasteiger partial charge in [-0.3, -0.25) is 14.9 Å². The molecular weight excluding hydrogens is 446 g/mol. The summed E-state index contributed by atoms with van der Waals surface area (Å²) in [5.74, 6) is 0.0592. The van der Waals surface area contributed by atoms with Crippen molar-refractivity contribution in [3.63, 3.8) is 0 Å². The van der Waals surface area contributed by atoms with E-state index in [2.05, 4.69) is 10.5 Å². The van der Waals surface area contributed by atoms with Gasteiger partial charge < -0.3 is 9.15 Å². The highest BCUT2D eigenvalue weighted by Gasteiger charge is 2.14. The first-order valence-electron chi connectivity index (χ1n) is 9.66. The predicted molar refractivity (Wildman–Crippen MR) is 124 cm³/mol. The van der Waals surface area contributed by atoms with Crippen molar-refractivity contribution in [3.8, 4) is 11.3 Å². The van der Waals surface area contributed by atoms with Gasteiger partial charge in [-0.1, -0.05) is 6.07 Å². The van der Waals surface area contributed by atoms with E-state index in [0.717, 1.165) is 15.8 Å². The lowest BCUT2D eigenvalue weighted by Crippen LogP contribution is -2.15. The van der Waals surface area contributed by atoms with E-state index in [1.807, 2.05) is 6.92 Å². The van der Waals surface area contributed by atoms with Crippen LogP contribution < -0.4 is 5.43 Å². The van der Waals surface area contributed by atoms with E-state index in [-0.39, 0.29) is 5.69 Å². The number of carbonyl (C=O) groups excluding carboxylic acids is 2. The van der Waals surface area contributed by atoms with E-state index in [1.54, 1.807) is 42.5 Å². The van der Waals surface area contributed by atoms with Gasteiger partial charge in [0.2, 0.25) is 0 Å². The van der Waals surface area contributed by atoms with Crippen LogP contribution in [0.5, 0.6) is 0 Å². The number of amides is 1. The van der Waals surface area contributed by atoms with Crippen LogP contribution in [0, 0.1) is 17.0 Å². The lowest BCUT2D eigenvalue weighted by Gasteiger charge is -2.05. The fourth-order valence-electron chi connectivity index (χ4n) is 3.17. The Morgan fingerprint density at radius 2 is 1.97 bits per heavy atom. The molecule has 1 N–H and O–H groups in total. The van der Waals surface area contributed by atoms with Crippen LogP contribution >= 0.6 is 11.3 Å². The molecule has 0 aliphatic rings. The summed E-state index contributed by atoms with van der Waals surface area (Å²) in [5.41, 5.74) is 4.45. The first-order valence-corrected chi connectivity index (χ1v) is 10.5. The van der Waals surface area contributed by atoms with Gasteiger partial charge in [0.05, 0.1) is 28.7 Å². The maximum Gasteiger partial charge on any atom is 0.337 e. The van der Waals surface area contributed by atoms with Crippen LogP contribution in [0.3, 0.4) is 0 Å². The van der Waals surface area contributed by atoms with Gasteiger partial charge in [0, 0.05) is 27.8 Å². The van der Waals surface area contributed by atoms with Crippen LogP contribution in [0.1, 0.15) is 31.4 Å². The summed E-state index contributed by atoms with van der Waals surface area (Å²) in [6.07, 6.45) is 1.36. The number of benzene rings is 2. The van der Waals surface area contributed by atoms with Gasteiger partial charge in [-0.05, 0) is 48.9 Å². The number of methoxy groups -OCH3 is 1. The number of esters is 1. The average Bonchev–Trinajstić information content (AvgIpc) is 3.45. The SMILES string of the molecule is COC(=O)c1ccc(C)c(-c2ccc(/C=N\NC(=O)c3cc4cc([N+](=O)[O-])ccc4s3)o2)c1. The number of hydrogen-bond acceptors (Lipinski definition) is 8. The smallest absolute Gasteiger partial charge is 0.337 e. The minimum absolute atomic E-state index is 0.0359. The van der Waals surface area contributed by atoms with E-state index < -0.39 is 16.8 Å². The first-order chi connectivity index (χ1) is 15.9. The van der Waals surface area contributed by atoms with Crippen molar-refractivity contribution < 1.29 is 23.7 Å². The number of nitrogens with zero attached hydrogens (tertiary/aromatic N) is 2. The second kappa shape index (κ2) is 9.05. The van der Waals surface area contributed by atoms with Crippen molar-refractivity contribution in [3.05, 3.63) is 86.5 Å². The molecule has 4 aromatic rings. The average molecular weight is 463 g/mol. The Hall–Kier alpha value is -4.31. The zero-order valence-corrected chi connectivity index (χ0v) is 18.3. The molecule has 1 amide bonds.